The third kappa shape index (κ3) is 7.49. The predicted octanol–water partition coefficient (Wildman–Crippen LogP) is 3.78. The second-order valence-corrected chi connectivity index (χ2v) is 15.1. The van der Waals surface area contributed by atoms with E-state index in [0.717, 1.165) is 96.9 Å². The first-order chi connectivity index (χ1) is 25.5. The number of amides is 3. The highest BCUT2D eigenvalue weighted by molar-refractivity contribution is 6.01. The highest BCUT2D eigenvalue weighted by Gasteiger charge is 2.42. The molecule has 53 heavy (non-hydrogen) atoms. The number of fused-ring (bicyclic) bond motifs is 2. The zero-order chi connectivity index (χ0) is 37.4. The third-order valence-electron chi connectivity index (χ3n) is 11.9. The number of piperazine rings is 1. The van der Waals surface area contributed by atoms with Crippen LogP contribution in [0.25, 0.3) is 11.1 Å². The Morgan fingerprint density at radius 2 is 1.62 bits per heavy atom. The number of hydrogen-bond donors (Lipinski definition) is 2. The number of nitrogens with zero attached hydrogens (tertiary/aromatic N) is 5. The molecule has 2 aromatic heterocycles. The third-order valence-corrected chi connectivity index (χ3v) is 11.9. The van der Waals surface area contributed by atoms with Crippen molar-refractivity contribution in [1.29, 1.82) is 0 Å². The number of likely N-dealkylation sites (tertiary alicyclic amines) is 1. The molecule has 3 amide bonds. The molecular formula is C40H51N7O6. The Labute approximate surface area is 310 Å². The molecule has 13 heteroatoms. The summed E-state index contributed by atoms with van der Waals surface area (Å²) in [6.07, 6.45) is 9.06. The van der Waals surface area contributed by atoms with E-state index in [1.54, 1.807) is 25.8 Å². The van der Waals surface area contributed by atoms with Crippen molar-refractivity contribution >= 4 is 29.2 Å². The summed E-state index contributed by atoms with van der Waals surface area (Å²) in [5.74, 6) is 2.17. The number of nitrogens with one attached hydrogen (secondary N) is 2. The lowest BCUT2D eigenvalue weighted by Gasteiger charge is -2.42. The molecule has 6 heterocycles. The summed E-state index contributed by atoms with van der Waals surface area (Å²) in [6.45, 7) is 7.71. The van der Waals surface area contributed by atoms with Crippen molar-refractivity contribution in [1.82, 2.24) is 24.7 Å². The van der Waals surface area contributed by atoms with Crippen LogP contribution in [0.3, 0.4) is 0 Å². The number of aromatic nitrogens is 2. The summed E-state index contributed by atoms with van der Waals surface area (Å²) in [5.41, 5.74) is 5.60. The molecule has 1 aromatic carbocycles. The van der Waals surface area contributed by atoms with Gasteiger partial charge in [0.1, 0.15) is 23.4 Å². The largest absolute Gasteiger partial charge is 0.496 e. The van der Waals surface area contributed by atoms with E-state index in [4.69, 9.17) is 9.47 Å². The van der Waals surface area contributed by atoms with Gasteiger partial charge in [-0.2, -0.15) is 0 Å². The molecule has 2 N–H and O–H groups in total. The van der Waals surface area contributed by atoms with Gasteiger partial charge in [0.15, 0.2) is 0 Å². The number of piperidine rings is 2. The van der Waals surface area contributed by atoms with Crippen LogP contribution in [0.1, 0.15) is 61.6 Å². The van der Waals surface area contributed by atoms with Gasteiger partial charge < -0.3 is 29.2 Å². The topological polar surface area (TPSA) is 138 Å². The summed E-state index contributed by atoms with van der Waals surface area (Å²) >= 11 is 0. The van der Waals surface area contributed by atoms with Crippen molar-refractivity contribution < 1.29 is 23.9 Å². The second kappa shape index (κ2) is 15.2. The molecule has 4 saturated heterocycles. The molecule has 0 saturated carbocycles. The highest BCUT2D eigenvalue weighted by atomic mass is 16.5. The number of hydrogen-bond acceptors (Lipinski definition) is 10. The van der Waals surface area contributed by atoms with E-state index in [-0.39, 0.29) is 35.4 Å². The van der Waals surface area contributed by atoms with E-state index >= 15 is 0 Å². The van der Waals surface area contributed by atoms with Gasteiger partial charge in [-0.25, -0.2) is 4.98 Å². The Kier molecular flexibility index (Phi) is 10.5. The van der Waals surface area contributed by atoms with Crippen LogP contribution in [-0.4, -0.2) is 95.6 Å². The Morgan fingerprint density at radius 3 is 2.23 bits per heavy atom. The molecule has 13 nitrogen and oxygen atoms in total. The maximum absolute atomic E-state index is 13.7. The lowest BCUT2D eigenvalue weighted by atomic mass is 9.92. The van der Waals surface area contributed by atoms with Crippen LogP contribution in [0.15, 0.2) is 41.5 Å². The maximum atomic E-state index is 13.7. The normalized spacial score (nSPS) is 22.2. The number of imide groups is 1. The fourth-order valence-electron chi connectivity index (χ4n) is 8.64. The zero-order valence-corrected chi connectivity index (χ0v) is 31.4. The number of ether oxygens (including phenoxy) is 2. The fraction of sp³-hybridized carbons (Fsp3) is 0.525. The molecule has 4 aliphatic rings. The average Bonchev–Trinajstić information content (AvgIpc) is 3.38. The standard InChI is InChI=1S/C40H51N7O6/c1-24-25(2)40(51)44(3)22-31(24)27-17-34(52-4)32(35(18-27)53-5)23-47-29-6-7-30(47)21-46(20-29)38(49)16-26-12-14-45(15-13-26)28-8-10-36(41-19-28)42-33-9-11-37(48)43-39(33)50/h8,10,17-19,22,26,29-30,33H,6-7,9,11-16,20-21,23H2,1-5H3,(H,41,42)(H,43,48,50). The summed E-state index contributed by atoms with van der Waals surface area (Å²) in [6, 6.07) is 8.08. The van der Waals surface area contributed by atoms with Gasteiger partial charge in [-0.05, 0) is 87.3 Å². The van der Waals surface area contributed by atoms with Gasteiger partial charge in [0.05, 0.1) is 31.7 Å². The lowest BCUT2D eigenvalue weighted by Crippen LogP contribution is -2.55. The molecule has 3 atom stereocenters. The van der Waals surface area contributed by atoms with Crippen LogP contribution in [0.5, 0.6) is 11.5 Å². The van der Waals surface area contributed by atoms with Crippen LogP contribution in [-0.2, 0) is 28.0 Å². The van der Waals surface area contributed by atoms with Crippen molar-refractivity contribution in [2.75, 3.05) is 50.6 Å². The molecule has 7 rings (SSSR count). The SMILES string of the molecule is COc1cc(-c2cn(C)c(=O)c(C)c2C)cc(OC)c1CN1C2CCC1CN(C(=O)CC1CCN(c3ccc(NC4CCC(=O)NC4=O)nc3)CC1)C2. The summed E-state index contributed by atoms with van der Waals surface area (Å²) in [5, 5.41) is 5.50. The Morgan fingerprint density at radius 1 is 0.943 bits per heavy atom. The van der Waals surface area contributed by atoms with Gasteiger partial charge in [0, 0.05) is 82.0 Å². The van der Waals surface area contributed by atoms with Crippen LogP contribution in [0.2, 0.25) is 0 Å². The minimum atomic E-state index is -0.462. The molecule has 282 valence electrons. The summed E-state index contributed by atoms with van der Waals surface area (Å²) in [4.78, 5) is 61.2. The van der Waals surface area contributed by atoms with E-state index in [1.807, 2.05) is 50.5 Å². The summed E-state index contributed by atoms with van der Waals surface area (Å²) < 4.78 is 13.5. The molecule has 4 fully saturated rings. The first-order valence-electron chi connectivity index (χ1n) is 18.8. The number of methoxy groups -OCH3 is 2. The zero-order valence-electron chi connectivity index (χ0n) is 31.4. The molecule has 4 aliphatic heterocycles. The molecule has 0 aliphatic carbocycles. The van der Waals surface area contributed by atoms with Crippen LogP contribution in [0, 0.1) is 19.8 Å². The Bertz CT molecular complexity index is 1900. The van der Waals surface area contributed by atoms with E-state index < -0.39 is 6.04 Å². The van der Waals surface area contributed by atoms with Gasteiger partial charge in [0.2, 0.25) is 17.7 Å². The van der Waals surface area contributed by atoms with Gasteiger partial charge in [0.25, 0.3) is 5.56 Å². The van der Waals surface area contributed by atoms with Crippen molar-refractivity contribution in [3.8, 4) is 22.6 Å². The van der Waals surface area contributed by atoms with E-state index in [9.17, 15) is 19.2 Å². The van der Waals surface area contributed by atoms with Crippen LogP contribution in [0.4, 0.5) is 11.5 Å². The van der Waals surface area contributed by atoms with E-state index in [2.05, 4.69) is 30.3 Å². The summed E-state index contributed by atoms with van der Waals surface area (Å²) in [7, 11) is 5.15. The Hall–Kier alpha value is -4.91. The second-order valence-electron chi connectivity index (χ2n) is 15.1. The molecule has 0 radical (unpaired) electrons. The average molecular weight is 726 g/mol. The number of pyridine rings is 2. The number of carbonyl (C=O) groups excluding carboxylic acids is 3. The minimum Gasteiger partial charge on any atom is -0.496 e. The first-order valence-corrected chi connectivity index (χ1v) is 18.8. The molecule has 0 spiro atoms. The van der Waals surface area contributed by atoms with Gasteiger partial charge in [-0.15, -0.1) is 0 Å². The van der Waals surface area contributed by atoms with Crippen molar-refractivity contribution in [2.24, 2.45) is 13.0 Å². The lowest BCUT2D eigenvalue weighted by molar-refractivity contribution is -0.136. The predicted molar refractivity (Wildman–Crippen MR) is 202 cm³/mol. The fourth-order valence-corrected chi connectivity index (χ4v) is 8.64. The quantitative estimate of drug-likeness (QED) is 0.297. The van der Waals surface area contributed by atoms with E-state index in [0.29, 0.717) is 37.5 Å². The highest BCUT2D eigenvalue weighted by Crippen LogP contribution is 2.40. The Balaban J connectivity index is 0.934. The number of benzene rings is 1. The number of anilines is 2. The van der Waals surface area contributed by atoms with Crippen LogP contribution >= 0.6 is 0 Å². The van der Waals surface area contributed by atoms with Crippen LogP contribution < -0.4 is 30.6 Å². The van der Waals surface area contributed by atoms with E-state index in [1.165, 1.54) is 0 Å². The minimum absolute atomic E-state index is 0.000310. The molecular weight excluding hydrogens is 674 g/mol. The number of carbonyl (C=O) groups is 3. The first kappa shape index (κ1) is 36.4. The monoisotopic (exact) mass is 725 g/mol. The number of rotatable bonds is 10. The number of aryl methyl sites for hydroxylation is 1. The van der Waals surface area contributed by atoms with Gasteiger partial charge >= 0.3 is 0 Å². The van der Waals surface area contributed by atoms with Crippen molar-refractivity contribution in [3.05, 3.63) is 63.7 Å². The molecule has 2 bridgehead atoms. The van der Waals surface area contributed by atoms with Gasteiger partial charge in [-0.1, -0.05) is 0 Å². The maximum Gasteiger partial charge on any atom is 0.253 e. The van der Waals surface area contributed by atoms with Crippen molar-refractivity contribution in [2.45, 2.75) is 83.5 Å². The molecule has 3 unspecified atom stereocenters. The van der Waals surface area contributed by atoms with Crippen molar-refractivity contribution in [3.63, 3.8) is 0 Å². The van der Waals surface area contributed by atoms with Gasteiger partial charge in [-0.3, -0.25) is 29.4 Å². The molecule has 3 aromatic rings. The smallest absolute Gasteiger partial charge is 0.253 e.